The van der Waals surface area contributed by atoms with Crippen LogP contribution in [0.5, 0.6) is 0 Å². The summed E-state index contributed by atoms with van der Waals surface area (Å²) >= 11 is 0. The highest BCUT2D eigenvalue weighted by atomic mass is 16.2. The third kappa shape index (κ3) is 4.75. The average Bonchev–Trinajstić information content (AvgIpc) is 2.74. The predicted octanol–water partition coefficient (Wildman–Crippen LogP) is 3.30. The fourth-order valence-corrected chi connectivity index (χ4v) is 5.00. The summed E-state index contributed by atoms with van der Waals surface area (Å²) < 4.78 is 0. The minimum atomic E-state index is -0.191. The molecule has 5 heteroatoms. The molecule has 0 radical (unpaired) electrons. The van der Waals surface area contributed by atoms with Crippen molar-refractivity contribution in [2.24, 2.45) is 5.92 Å². The second-order valence-electron chi connectivity index (χ2n) is 8.72. The number of anilines is 1. The lowest BCUT2D eigenvalue weighted by molar-refractivity contribution is -0.134. The van der Waals surface area contributed by atoms with Crippen molar-refractivity contribution in [1.29, 1.82) is 0 Å². The molecule has 1 saturated carbocycles. The zero-order valence-electron chi connectivity index (χ0n) is 16.9. The van der Waals surface area contributed by atoms with Crippen LogP contribution in [0.1, 0.15) is 62.8 Å². The summed E-state index contributed by atoms with van der Waals surface area (Å²) in [4.78, 5) is 28.5. The molecule has 2 aliphatic heterocycles. The Kier molecular flexibility index (Phi) is 6.30. The van der Waals surface area contributed by atoms with Crippen molar-refractivity contribution in [2.75, 3.05) is 37.6 Å². The quantitative estimate of drug-likeness (QED) is 0.793. The monoisotopic (exact) mass is 383 g/mol. The molecule has 0 bridgehead atoms. The molecule has 0 aromatic heterocycles. The van der Waals surface area contributed by atoms with E-state index in [1.807, 2.05) is 0 Å². The lowest BCUT2D eigenvalue weighted by Gasteiger charge is -2.37. The van der Waals surface area contributed by atoms with E-state index in [0.717, 1.165) is 37.7 Å². The standard InChI is InChI=1S/C23H33N3O2/c27-22-11-10-21(23(28)24-22)19-6-8-20(9-7-19)26-16-14-25(15-17-26)13-12-18-4-2-1-3-5-18/h6-9,18,21H,1-5,10-17H2,(H,24,27,28). The van der Waals surface area contributed by atoms with Gasteiger partial charge in [0.15, 0.2) is 0 Å². The van der Waals surface area contributed by atoms with Crippen molar-refractivity contribution in [2.45, 2.75) is 57.3 Å². The van der Waals surface area contributed by atoms with Gasteiger partial charge in [-0.3, -0.25) is 19.8 Å². The summed E-state index contributed by atoms with van der Waals surface area (Å²) in [6.45, 7) is 5.68. The van der Waals surface area contributed by atoms with Crippen LogP contribution in [0.15, 0.2) is 24.3 Å². The molecule has 3 fully saturated rings. The number of carbonyl (C=O) groups is 2. The van der Waals surface area contributed by atoms with E-state index in [2.05, 4.69) is 39.4 Å². The maximum Gasteiger partial charge on any atom is 0.234 e. The number of benzene rings is 1. The molecule has 4 rings (SSSR count). The van der Waals surface area contributed by atoms with Crippen LogP contribution in [0.4, 0.5) is 5.69 Å². The third-order valence-electron chi connectivity index (χ3n) is 6.85. The van der Waals surface area contributed by atoms with Crippen LogP contribution < -0.4 is 10.2 Å². The number of nitrogens with zero attached hydrogens (tertiary/aromatic N) is 2. The van der Waals surface area contributed by atoms with Gasteiger partial charge < -0.3 is 4.90 Å². The van der Waals surface area contributed by atoms with Gasteiger partial charge in [0.05, 0.1) is 5.92 Å². The van der Waals surface area contributed by atoms with Gasteiger partial charge in [0, 0.05) is 38.3 Å². The van der Waals surface area contributed by atoms with Crippen molar-refractivity contribution in [3.8, 4) is 0 Å². The van der Waals surface area contributed by atoms with E-state index < -0.39 is 0 Å². The van der Waals surface area contributed by atoms with Crippen molar-refractivity contribution in [1.82, 2.24) is 10.2 Å². The smallest absolute Gasteiger partial charge is 0.234 e. The van der Waals surface area contributed by atoms with E-state index in [4.69, 9.17) is 0 Å². The average molecular weight is 384 g/mol. The summed E-state index contributed by atoms with van der Waals surface area (Å²) in [6.07, 6.45) is 9.63. The number of hydrogen-bond donors (Lipinski definition) is 1. The number of imide groups is 1. The summed E-state index contributed by atoms with van der Waals surface area (Å²) in [7, 11) is 0. The molecule has 1 atom stereocenters. The lowest BCUT2D eigenvalue weighted by Crippen LogP contribution is -2.47. The van der Waals surface area contributed by atoms with Gasteiger partial charge >= 0.3 is 0 Å². The number of amides is 2. The Balaban J connectivity index is 1.25. The van der Waals surface area contributed by atoms with Crippen LogP contribution in [-0.4, -0.2) is 49.4 Å². The molecule has 0 spiro atoms. The van der Waals surface area contributed by atoms with E-state index in [0.29, 0.717) is 12.8 Å². The van der Waals surface area contributed by atoms with Gasteiger partial charge in [-0.05, 0) is 43.0 Å². The van der Waals surface area contributed by atoms with E-state index in [1.165, 1.54) is 50.8 Å². The number of piperazine rings is 1. The third-order valence-corrected chi connectivity index (χ3v) is 6.85. The number of nitrogens with one attached hydrogen (secondary N) is 1. The van der Waals surface area contributed by atoms with Crippen LogP contribution in [0, 0.1) is 5.92 Å². The van der Waals surface area contributed by atoms with Crippen LogP contribution in [-0.2, 0) is 9.59 Å². The van der Waals surface area contributed by atoms with E-state index in [1.54, 1.807) is 0 Å². The second-order valence-corrected chi connectivity index (χ2v) is 8.72. The highest BCUT2D eigenvalue weighted by molar-refractivity contribution is 6.00. The SMILES string of the molecule is O=C1CCC(c2ccc(N3CCN(CCC4CCCCC4)CC3)cc2)C(=O)N1. The number of hydrogen-bond acceptors (Lipinski definition) is 4. The van der Waals surface area contributed by atoms with Crippen molar-refractivity contribution in [3.63, 3.8) is 0 Å². The Morgan fingerprint density at radius 3 is 2.29 bits per heavy atom. The Morgan fingerprint density at radius 2 is 1.61 bits per heavy atom. The molecule has 2 saturated heterocycles. The Bertz CT molecular complexity index is 674. The summed E-state index contributed by atoms with van der Waals surface area (Å²) in [5.74, 6) is 0.463. The first-order chi connectivity index (χ1) is 13.7. The number of carbonyl (C=O) groups excluding carboxylic acids is 2. The van der Waals surface area contributed by atoms with Gasteiger partial charge in [-0.1, -0.05) is 44.2 Å². The van der Waals surface area contributed by atoms with Gasteiger partial charge in [-0.25, -0.2) is 0 Å². The molecule has 5 nitrogen and oxygen atoms in total. The van der Waals surface area contributed by atoms with Crippen molar-refractivity contribution < 1.29 is 9.59 Å². The van der Waals surface area contributed by atoms with Gasteiger partial charge in [0.1, 0.15) is 0 Å². The fourth-order valence-electron chi connectivity index (χ4n) is 5.00. The maximum absolute atomic E-state index is 12.1. The second kappa shape index (κ2) is 9.08. The summed E-state index contributed by atoms with van der Waals surface area (Å²) in [5.41, 5.74) is 2.25. The minimum absolute atomic E-state index is 0.153. The van der Waals surface area contributed by atoms with Gasteiger partial charge in [0.2, 0.25) is 11.8 Å². The topological polar surface area (TPSA) is 52.7 Å². The molecule has 1 unspecified atom stereocenters. The number of rotatable bonds is 5. The molecule has 1 N–H and O–H groups in total. The van der Waals surface area contributed by atoms with Crippen LogP contribution >= 0.6 is 0 Å². The van der Waals surface area contributed by atoms with Crippen molar-refractivity contribution >= 4 is 17.5 Å². The molecular weight excluding hydrogens is 350 g/mol. The van der Waals surface area contributed by atoms with Gasteiger partial charge in [0.25, 0.3) is 0 Å². The molecule has 152 valence electrons. The van der Waals surface area contributed by atoms with E-state index in [-0.39, 0.29) is 17.7 Å². The maximum atomic E-state index is 12.1. The molecule has 1 aromatic carbocycles. The molecule has 2 amide bonds. The zero-order valence-corrected chi connectivity index (χ0v) is 16.9. The highest BCUT2D eigenvalue weighted by Crippen LogP contribution is 2.28. The highest BCUT2D eigenvalue weighted by Gasteiger charge is 2.28. The zero-order chi connectivity index (χ0) is 19.3. The van der Waals surface area contributed by atoms with Crippen molar-refractivity contribution in [3.05, 3.63) is 29.8 Å². The molecule has 3 aliphatic rings. The van der Waals surface area contributed by atoms with Crippen LogP contribution in [0.2, 0.25) is 0 Å². The van der Waals surface area contributed by atoms with Gasteiger partial charge in [-0.2, -0.15) is 0 Å². The Hall–Kier alpha value is -1.88. The number of piperidine rings is 1. The molecule has 2 heterocycles. The Labute approximate surface area is 168 Å². The first-order valence-electron chi connectivity index (χ1n) is 11.1. The largest absolute Gasteiger partial charge is 0.369 e. The molecular formula is C23H33N3O2. The lowest BCUT2D eigenvalue weighted by atomic mass is 9.87. The normalized spacial score (nSPS) is 25.0. The van der Waals surface area contributed by atoms with E-state index in [9.17, 15) is 9.59 Å². The van der Waals surface area contributed by atoms with Crippen LogP contribution in [0.25, 0.3) is 0 Å². The molecule has 1 aromatic rings. The predicted molar refractivity (Wildman–Crippen MR) is 111 cm³/mol. The summed E-state index contributed by atoms with van der Waals surface area (Å²) in [5, 5.41) is 2.45. The fraction of sp³-hybridized carbons (Fsp3) is 0.652. The van der Waals surface area contributed by atoms with Gasteiger partial charge in [-0.15, -0.1) is 0 Å². The van der Waals surface area contributed by atoms with Crippen LogP contribution in [0.3, 0.4) is 0 Å². The molecule has 1 aliphatic carbocycles. The first kappa shape index (κ1) is 19.4. The first-order valence-corrected chi connectivity index (χ1v) is 11.1. The molecule has 28 heavy (non-hydrogen) atoms. The van der Waals surface area contributed by atoms with E-state index >= 15 is 0 Å². The summed E-state index contributed by atoms with van der Waals surface area (Å²) in [6, 6.07) is 8.39. The minimum Gasteiger partial charge on any atom is -0.369 e. The Morgan fingerprint density at radius 1 is 0.893 bits per heavy atom.